The molecule has 0 aliphatic carbocycles. The SMILES string of the molecule is COC(=O)c1c(NC(=O)c2ccoc2)c2cc(NCc3ccsc3)cnc2n1CC(C)C. The lowest BCUT2D eigenvalue weighted by Crippen LogP contribution is -2.18. The van der Waals surface area contributed by atoms with Gasteiger partial charge in [-0.25, -0.2) is 9.78 Å². The summed E-state index contributed by atoms with van der Waals surface area (Å²) >= 11 is 1.64. The highest BCUT2D eigenvalue weighted by atomic mass is 32.1. The van der Waals surface area contributed by atoms with Crippen molar-refractivity contribution >= 4 is 45.6 Å². The molecule has 8 nitrogen and oxygen atoms in total. The van der Waals surface area contributed by atoms with Gasteiger partial charge in [0.15, 0.2) is 5.69 Å². The van der Waals surface area contributed by atoms with Crippen LogP contribution in [0.4, 0.5) is 11.4 Å². The van der Waals surface area contributed by atoms with Crippen molar-refractivity contribution in [2.75, 3.05) is 17.7 Å². The van der Waals surface area contributed by atoms with Crippen LogP contribution in [-0.2, 0) is 17.8 Å². The van der Waals surface area contributed by atoms with Gasteiger partial charge in [0.1, 0.15) is 11.9 Å². The highest BCUT2D eigenvalue weighted by Gasteiger charge is 2.27. The Hall–Kier alpha value is -3.59. The Morgan fingerprint density at radius 2 is 2.16 bits per heavy atom. The summed E-state index contributed by atoms with van der Waals surface area (Å²) in [5.41, 5.74) is 3.52. The Balaban J connectivity index is 1.81. The van der Waals surface area contributed by atoms with Crippen molar-refractivity contribution in [2.24, 2.45) is 5.92 Å². The van der Waals surface area contributed by atoms with E-state index in [2.05, 4.69) is 27.1 Å². The van der Waals surface area contributed by atoms with Crippen LogP contribution >= 0.6 is 11.3 Å². The number of rotatable bonds is 8. The van der Waals surface area contributed by atoms with Gasteiger partial charge < -0.3 is 24.4 Å². The van der Waals surface area contributed by atoms with Crippen molar-refractivity contribution in [3.63, 3.8) is 0 Å². The number of carbonyl (C=O) groups excluding carboxylic acids is 2. The van der Waals surface area contributed by atoms with Gasteiger partial charge in [-0.2, -0.15) is 11.3 Å². The normalized spacial score (nSPS) is 11.1. The minimum Gasteiger partial charge on any atom is -0.472 e. The molecule has 0 aromatic carbocycles. The number of thiophene rings is 1. The predicted molar refractivity (Wildman–Crippen MR) is 124 cm³/mol. The molecular formula is C23H24N4O4S. The summed E-state index contributed by atoms with van der Waals surface area (Å²) in [5, 5.41) is 11.0. The molecule has 0 fully saturated rings. The summed E-state index contributed by atoms with van der Waals surface area (Å²) in [7, 11) is 1.32. The number of fused-ring (bicyclic) bond motifs is 1. The second-order valence-electron chi connectivity index (χ2n) is 7.77. The number of carbonyl (C=O) groups is 2. The van der Waals surface area contributed by atoms with Crippen LogP contribution in [0.15, 0.2) is 52.1 Å². The highest BCUT2D eigenvalue weighted by molar-refractivity contribution is 7.07. The number of pyridine rings is 1. The van der Waals surface area contributed by atoms with Crippen LogP contribution in [0.2, 0.25) is 0 Å². The fourth-order valence-electron chi connectivity index (χ4n) is 3.48. The van der Waals surface area contributed by atoms with Crippen molar-refractivity contribution in [3.8, 4) is 0 Å². The topological polar surface area (TPSA) is 98.4 Å². The monoisotopic (exact) mass is 452 g/mol. The first-order valence-corrected chi connectivity index (χ1v) is 11.1. The Kier molecular flexibility index (Phi) is 6.27. The van der Waals surface area contributed by atoms with Crippen molar-refractivity contribution in [1.82, 2.24) is 9.55 Å². The first-order valence-electron chi connectivity index (χ1n) is 10.2. The van der Waals surface area contributed by atoms with E-state index in [0.717, 1.165) is 11.3 Å². The van der Waals surface area contributed by atoms with Gasteiger partial charge in [-0.15, -0.1) is 0 Å². The zero-order valence-electron chi connectivity index (χ0n) is 18.0. The van der Waals surface area contributed by atoms with E-state index in [0.29, 0.717) is 35.4 Å². The van der Waals surface area contributed by atoms with Crippen LogP contribution < -0.4 is 10.6 Å². The number of hydrogen-bond donors (Lipinski definition) is 2. The molecule has 4 heterocycles. The summed E-state index contributed by atoms with van der Waals surface area (Å²) in [6.45, 7) is 5.28. The Bertz CT molecular complexity index is 1230. The number of amides is 1. The van der Waals surface area contributed by atoms with E-state index in [1.165, 1.54) is 19.6 Å². The molecule has 2 N–H and O–H groups in total. The first kappa shape index (κ1) is 21.6. The molecule has 166 valence electrons. The molecule has 4 rings (SSSR count). The molecule has 9 heteroatoms. The number of furan rings is 1. The molecule has 0 saturated heterocycles. The number of anilines is 2. The van der Waals surface area contributed by atoms with E-state index >= 15 is 0 Å². The lowest BCUT2D eigenvalue weighted by Gasteiger charge is -2.12. The van der Waals surface area contributed by atoms with Gasteiger partial charge in [0.25, 0.3) is 5.91 Å². The third kappa shape index (κ3) is 4.38. The largest absolute Gasteiger partial charge is 0.472 e. The standard InChI is InChI=1S/C23H24N4O4S/c1-14(2)11-27-20(23(29)30-3)19(26-22(28)16-4-6-31-12-16)18-8-17(10-25-21(18)27)24-9-15-5-7-32-13-15/h4-8,10,12-14,24H,9,11H2,1-3H3,(H,26,28). The molecule has 32 heavy (non-hydrogen) atoms. The van der Waals surface area contributed by atoms with Crippen molar-refractivity contribution in [3.05, 3.63) is 64.5 Å². The Morgan fingerprint density at radius 3 is 2.81 bits per heavy atom. The molecule has 0 aliphatic rings. The zero-order valence-corrected chi connectivity index (χ0v) is 18.9. The number of methoxy groups -OCH3 is 1. The minimum absolute atomic E-state index is 0.240. The van der Waals surface area contributed by atoms with Gasteiger partial charge in [0, 0.05) is 18.5 Å². The molecule has 4 aromatic rings. The average molecular weight is 453 g/mol. The molecule has 0 spiro atoms. The maximum absolute atomic E-state index is 12.8. The molecule has 1 amide bonds. The maximum atomic E-state index is 12.8. The average Bonchev–Trinajstić information content (AvgIpc) is 3.53. The van der Waals surface area contributed by atoms with Gasteiger partial charge in [-0.05, 0) is 40.4 Å². The van der Waals surface area contributed by atoms with Crippen LogP contribution in [0.5, 0.6) is 0 Å². The number of hydrogen-bond acceptors (Lipinski definition) is 7. The fourth-order valence-corrected chi connectivity index (χ4v) is 4.15. The van der Waals surface area contributed by atoms with Crippen molar-refractivity contribution in [2.45, 2.75) is 26.9 Å². The lowest BCUT2D eigenvalue weighted by molar-refractivity contribution is 0.0589. The number of nitrogens with one attached hydrogen (secondary N) is 2. The maximum Gasteiger partial charge on any atom is 0.356 e. The first-order chi connectivity index (χ1) is 15.5. The molecule has 4 aromatic heterocycles. The molecule has 0 bridgehead atoms. The molecule has 0 saturated carbocycles. The van der Waals surface area contributed by atoms with E-state index in [9.17, 15) is 9.59 Å². The van der Waals surface area contributed by atoms with Crippen LogP contribution in [0, 0.1) is 5.92 Å². The summed E-state index contributed by atoms with van der Waals surface area (Å²) in [6.07, 6.45) is 4.51. The van der Waals surface area contributed by atoms with Crippen molar-refractivity contribution < 1.29 is 18.7 Å². The minimum atomic E-state index is -0.543. The van der Waals surface area contributed by atoms with Gasteiger partial charge in [0.05, 0.1) is 36.5 Å². The second kappa shape index (κ2) is 9.27. The summed E-state index contributed by atoms with van der Waals surface area (Å²) in [4.78, 5) is 30.2. The van der Waals surface area contributed by atoms with E-state index in [-0.39, 0.29) is 17.5 Å². The Morgan fingerprint density at radius 1 is 1.31 bits per heavy atom. The van der Waals surface area contributed by atoms with Crippen LogP contribution in [0.1, 0.15) is 40.3 Å². The Labute approximate surface area is 189 Å². The summed E-state index contributed by atoms with van der Waals surface area (Å²) in [6, 6.07) is 5.50. The third-order valence-electron chi connectivity index (χ3n) is 4.92. The van der Waals surface area contributed by atoms with Crippen LogP contribution in [-0.4, -0.2) is 28.5 Å². The smallest absolute Gasteiger partial charge is 0.356 e. The van der Waals surface area contributed by atoms with Crippen LogP contribution in [0.3, 0.4) is 0 Å². The van der Waals surface area contributed by atoms with Gasteiger partial charge in [-0.3, -0.25) is 4.79 Å². The summed E-state index contributed by atoms with van der Waals surface area (Å²) < 4.78 is 11.9. The number of ether oxygens (including phenoxy) is 1. The highest BCUT2D eigenvalue weighted by Crippen LogP contribution is 2.33. The van der Waals surface area contributed by atoms with E-state index in [1.807, 2.05) is 25.3 Å². The second-order valence-corrected chi connectivity index (χ2v) is 8.55. The zero-order chi connectivity index (χ0) is 22.7. The van der Waals surface area contributed by atoms with Crippen LogP contribution in [0.25, 0.3) is 11.0 Å². The molecule has 0 atom stereocenters. The lowest BCUT2D eigenvalue weighted by atomic mass is 10.2. The van der Waals surface area contributed by atoms with E-state index in [1.54, 1.807) is 28.2 Å². The third-order valence-corrected chi connectivity index (χ3v) is 5.66. The molecule has 0 radical (unpaired) electrons. The quantitative estimate of drug-likeness (QED) is 0.365. The van der Waals surface area contributed by atoms with Crippen molar-refractivity contribution in [1.29, 1.82) is 0 Å². The number of esters is 1. The van der Waals surface area contributed by atoms with Gasteiger partial charge >= 0.3 is 5.97 Å². The number of aromatic nitrogens is 2. The summed E-state index contributed by atoms with van der Waals surface area (Å²) in [5.74, 6) is -0.687. The fraction of sp³-hybridized carbons (Fsp3) is 0.261. The van der Waals surface area contributed by atoms with Gasteiger partial charge in [0.2, 0.25) is 0 Å². The molecular weight excluding hydrogens is 428 g/mol. The van der Waals surface area contributed by atoms with E-state index < -0.39 is 5.97 Å². The number of nitrogens with zero attached hydrogens (tertiary/aromatic N) is 2. The predicted octanol–water partition coefficient (Wildman–Crippen LogP) is 5.00. The molecule has 0 aliphatic heterocycles. The van der Waals surface area contributed by atoms with Gasteiger partial charge in [-0.1, -0.05) is 13.8 Å². The molecule has 0 unspecified atom stereocenters. The van der Waals surface area contributed by atoms with E-state index in [4.69, 9.17) is 9.15 Å².